The van der Waals surface area contributed by atoms with Crippen LogP contribution < -0.4 is 5.73 Å². The van der Waals surface area contributed by atoms with Gasteiger partial charge in [0.1, 0.15) is 0 Å². The summed E-state index contributed by atoms with van der Waals surface area (Å²) in [6, 6.07) is 8.44. The van der Waals surface area contributed by atoms with Crippen LogP contribution in [0.2, 0.25) is 0 Å². The first-order valence-corrected chi connectivity index (χ1v) is 7.48. The fourth-order valence-electron chi connectivity index (χ4n) is 1.93. The Balaban J connectivity index is 2.26. The predicted octanol–water partition coefficient (Wildman–Crippen LogP) is 3.47. The summed E-state index contributed by atoms with van der Waals surface area (Å²) in [4.78, 5) is 0. The van der Waals surface area contributed by atoms with Crippen molar-refractivity contribution < 1.29 is 9.47 Å². The zero-order valence-electron chi connectivity index (χ0n) is 13.3. The predicted molar refractivity (Wildman–Crippen MR) is 83.9 cm³/mol. The maximum atomic E-state index is 6.12. The molecular formula is C17H29NO2. The van der Waals surface area contributed by atoms with Gasteiger partial charge in [-0.3, -0.25) is 0 Å². The fraction of sp³-hybridized carbons (Fsp3) is 0.647. The first-order chi connectivity index (χ1) is 9.42. The highest BCUT2D eigenvalue weighted by atomic mass is 16.5. The van der Waals surface area contributed by atoms with E-state index in [1.807, 2.05) is 20.8 Å². The Bertz CT molecular complexity index is 368. The van der Waals surface area contributed by atoms with E-state index in [4.69, 9.17) is 15.2 Å². The Kier molecular flexibility index (Phi) is 7.20. The van der Waals surface area contributed by atoms with Crippen LogP contribution in [-0.4, -0.2) is 25.4 Å². The van der Waals surface area contributed by atoms with E-state index in [1.54, 1.807) is 0 Å². The van der Waals surface area contributed by atoms with Gasteiger partial charge in [0.25, 0.3) is 0 Å². The zero-order chi connectivity index (χ0) is 15.0. The lowest BCUT2D eigenvalue weighted by atomic mass is 10.0. The molecule has 0 heterocycles. The number of hydrogen-bond acceptors (Lipinski definition) is 3. The van der Waals surface area contributed by atoms with Crippen molar-refractivity contribution in [3.63, 3.8) is 0 Å². The fourth-order valence-corrected chi connectivity index (χ4v) is 1.93. The number of rotatable bonds is 8. The van der Waals surface area contributed by atoms with Crippen LogP contribution in [0.4, 0.5) is 0 Å². The van der Waals surface area contributed by atoms with Gasteiger partial charge in [0.2, 0.25) is 0 Å². The van der Waals surface area contributed by atoms with Gasteiger partial charge in [-0.25, -0.2) is 0 Å². The third kappa shape index (κ3) is 7.04. The molecule has 1 atom stereocenters. The minimum absolute atomic E-state index is 0.0692. The van der Waals surface area contributed by atoms with Crippen molar-refractivity contribution >= 4 is 0 Å². The molecule has 0 spiro atoms. The van der Waals surface area contributed by atoms with E-state index in [9.17, 15) is 0 Å². The van der Waals surface area contributed by atoms with Crippen molar-refractivity contribution in [2.24, 2.45) is 5.73 Å². The lowest BCUT2D eigenvalue weighted by Crippen LogP contribution is -2.23. The molecule has 0 radical (unpaired) electrons. The van der Waals surface area contributed by atoms with E-state index in [2.05, 4.69) is 31.2 Å². The van der Waals surface area contributed by atoms with Gasteiger partial charge >= 0.3 is 0 Å². The van der Waals surface area contributed by atoms with Crippen LogP contribution in [-0.2, 0) is 15.9 Å². The third-order valence-corrected chi connectivity index (χ3v) is 3.01. The van der Waals surface area contributed by atoms with E-state index in [-0.39, 0.29) is 11.6 Å². The Hall–Kier alpha value is -0.900. The average Bonchev–Trinajstić information content (AvgIpc) is 2.38. The van der Waals surface area contributed by atoms with Crippen molar-refractivity contribution in [3.05, 3.63) is 35.4 Å². The lowest BCUT2D eigenvalue weighted by Gasteiger charge is -2.20. The lowest BCUT2D eigenvalue weighted by molar-refractivity contribution is -0.0363. The molecular weight excluding hydrogens is 250 g/mol. The van der Waals surface area contributed by atoms with E-state index >= 15 is 0 Å². The highest BCUT2D eigenvalue weighted by Crippen LogP contribution is 2.13. The summed E-state index contributed by atoms with van der Waals surface area (Å²) in [5, 5.41) is 0. The van der Waals surface area contributed by atoms with Gasteiger partial charge in [-0.2, -0.15) is 0 Å². The van der Waals surface area contributed by atoms with Crippen molar-refractivity contribution in [2.45, 2.75) is 52.2 Å². The molecule has 1 aromatic carbocycles. The standard InChI is InChI=1S/C17H29NO2/c1-5-6-14-7-9-15(10-8-14)16(18)13-19-11-12-20-17(2,3)4/h7-10,16H,5-6,11-13,18H2,1-4H3. The quantitative estimate of drug-likeness (QED) is 0.741. The number of hydrogen-bond donors (Lipinski definition) is 1. The number of aryl methyl sites for hydroxylation is 1. The molecule has 2 N–H and O–H groups in total. The average molecular weight is 279 g/mol. The van der Waals surface area contributed by atoms with Crippen LogP contribution in [0.5, 0.6) is 0 Å². The molecule has 0 saturated carbocycles. The number of benzene rings is 1. The van der Waals surface area contributed by atoms with Gasteiger partial charge in [0, 0.05) is 0 Å². The molecule has 0 aliphatic carbocycles. The third-order valence-electron chi connectivity index (χ3n) is 3.01. The Morgan fingerprint density at radius 3 is 2.30 bits per heavy atom. The highest BCUT2D eigenvalue weighted by Gasteiger charge is 2.10. The molecule has 20 heavy (non-hydrogen) atoms. The molecule has 1 rings (SSSR count). The van der Waals surface area contributed by atoms with Crippen LogP contribution in [0, 0.1) is 0 Å². The Labute approximate surface area is 123 Å². The largest absolute Gasteiger partial charge is 0.377 e. The summed E-state index contributed by atoms with van der Waals surface area (Å²) in [5.74, 6) is 0. The van der Waals surface area contributed by atoms with Crippen molar-refractivity contribution in [3.8, 4) is 0 Å². The topological polar surface area (TPSA) is 44.5 Å². The smallest absolute Gasteiger partial charge is 0.0707 e. The molecule has 0 saturated heterocycles. The summed E-state index contributed by atoms with van der Waals surface area (Å²) in [6.07, 6.45) is 2.29. The first kappa shape index (κ1) is 17.2. The first-order valence-electron chi connectivity index (χ1n) is 7.48. The summed E-state index contributed by atoms with van der Waals surface area (Å²) >= 11 is 0. The van der Waals surface area contributed by atoms with Crippen molar-refractivity contribution in [1.82, 2.24) is 0 Å². The molecule has 0 aromatic heterocycles. The Morgan fingerprint density at radius 2 is 1.75 bits per heavy atom. The second-order valence-corrected chi connectivity index (χ2v) is 6.13. The van der Waals surface area contributed by atoms with E-state index in [1.165, 1.54) is 12.0 Å². The molecule has 3 heteroatoms. The van der Waals surface area contributed by atoms with Crippen LogP contribution in [0.25, 0.3) is 0 Å². The van der Waals surface area contributed by atoms with Gasteiger partial charge in [0.15, 0.2) is 0 Å². The minimum atomic E-state index is -0.111. The Morgan fingerprint density at radius 1 is 1.10 bits per heavy atom. The van der Waals surface area contributed by atoms with E-state index < -0.39 is 0 Å². The SMILES string of the molecule is CCCc1ccc(C(N)COCCOC(C)(C)C)cc1. The summed E-state index contributed by atoms with van der Waals surface area (Å²) < 4.78 is 11.2. The molecule has 0 bridgehead atoms. The second-order valence-electron chi connectivity index (χ2n) is 6.13. The molecule has 3 nitrogen and oxygen atoms in total. The summed E-state index contributed by atoms with van der Waals surface area (Å²) in [7, 11) is 0. The maximum absolute atomic E-state index is 6.12. The normalized spacial score (nSPS) is 13.4. The molecule has 114 valence electrons. The van der Waals surface area contributed by atoms with E-state index in [0.29, 0.717) is 19.8 Å². The van der Waals surface area contributed by atoms with Crippen molar-refractivity contribution in [1.29, 1.82) is 0 Å². The number of ether oxygens (including phenoxy) is 2. The van der Waals surface area contributed by atoms with E-state index in [0.717, 1.165) is 12.0 Å². The van der Waals surface area contributed by atoms with Gasteiger partial charge < -0.3 is 15.2 Å². The maximum Gasteiger partial charge on any atom is 0.0707 e. The zero-order valence-corrected chi connectivity index (χ0v) is 13.3. The molecule has 0 aliphatic heterocycles. The van der Waals surface area contributed by atoms with Crippen LogP contribution in [0.15, 0.2) is 24.3 Å². The summed E-state index contributed by atoms with van der Waals surface area (Å²) in [5.41, 5.74) is 8.50. The van der Waals surface area contributed by atoms with Crippen LogP contribution >= 0.6 is 0 Å². The molecule has 1 aromatic rings. The van der Waals surface area contributed by atoms with Gasteiger partial charge in [-0.1, -0.05) is 37.6 Å². The molecule has 0 aliphatic rings. The van der Waals surface area contributed by atoms with Crippen LogP contribution in [0.3, 0.4) is 0 Å². The highest BCUT2D eigenvalue weighted by molar-refractivity contribution is 5.24. The van der Waals surface area contributed by atoms with Gasteiger partial charge in [-0.15, -0.1) is 0 Å². The second kappa shape index (κ2) is 8.40. The van der Waals surface area contributed by atoms with Crippen molar-refractivity contribution in [2.75, 3.05) is 19.8 Å². The summed E-state index contributed by atoms with van der Waals surface area (Å²) in [6.45, 7) is 10.0. The number of nitrogens with two attached hydrogens (primary N) is 1. The monoisotopic (exact) mass is 279 g/mol. The molecule has 0 amide bonds. The molecule has 1 unspecified atom stereocenters. The van der Waals surface area contributed by atoms with Gasteiger partial charge in [-0.05, 0) is 38.3 Å². The van der Waals surface area contributed by atoms with Gasteiger partial charge in [0.05, 0.1) is 31.5 Å². The minimum Gasteiger partial charge on any atom is -0.377 e. The van der Waals surface area contributed by atoms with Crippen LogP contribution in [0.1, 0.15) is 51.3 Å². The molecule has 0 fully saturated rings.